The highest BCUT2D eigenvalue weighted by atomic mass is 32.1. The van der Waals surface area contributed by atoms with Crippen LogP contribution in [0.15, 0.2) is 18.2 Å². The molecule has 0 aliphatic heterocycles. The van der Waals surface area contributed by atoms with Crippen LogP contribution in [0, 0.1) is 23.2 Å². The van der Waals surface area contributed by atoms with E-state index in [-0.39, 0.29) is 0 Å². The largest absolute Gasteiger partial charge is 0.497 e. The fourth-order valence-corrected chi connectivity index (χ4v) is 1.18. The number of ether oxygens (including phenoxy) is 1. The lowest BCUT2D eigenvalue weighted by Crippen LogP contribution is -1.87. The summed E-state index contributed by atoms with van der Waals surface area (Å²) >= 11 is 4.06. The van der Waals surface area contributed by atoms with Crippen molar-refractivity contribution in [3.05, 3.63) is 29.3 Å². The molecule has 0 amide bonds. The average molecular weight is 217 g/mol. The Balaban J connectivity index is 3.04. The first kappa shape index (κ1) is 11.5. The molecular formula is C12H11NOS. The first-order valence-corrected chi connectivity index (χ1v) is 5.13. The van der Waals surface area contributed by atoms with Crippen molar-refractivity contribution in [3.8, 4) is 23.7 Å². The Morgan fingerprint density at radius 3 is 2.80 bits per heavy atom. The van der Waals surface area contributed by atoms with Crippen LogP contribution in [0.4, 0.5) is 0 Å². The Hall–Kier alpha value is -1.58. The Kier molecular flexibility index (Phi) is 4.60. The highest BCUT2D eigenvalue weighted by Gasteiger charge is 2.00. The molecule has 76 valence electrons. The summed E-state index contributed by atoms with van der Waals surface area (Å²) in [6.45, 7) is 0. The van der Waals surface area contributed by atoms with Crippen LogP contribution in [-0.4, -0.2) is 12.9 Å². The number of nitrogens with zero attached hydrogens (tertiary/aromatic N) is 1. The van der Waals surface area contributed by atoms with Crippen LogP contribution in [0.5, 0.6) is 5.75 Å². The van der Waals surface area contributed by atoms with Gasteiger partial charge in [0.1, 0.15) is 11.8 Å². The van der Waals surface area contributed by atoms with Crippen LogP contribution in [0.3, 0.4) is 0 Å². The summed E-state index contributed by atoms with van der Waals surface area (Å²) < 4.78 is 5.07. The van der Waals surface area contributed by atoms with Crippen molar-refractivity contribution in [3.63, 3.8) is 0 Å². The van der Waals surface area contributed by atoms with Crippen LogP contribution >= 0.6 is 12.6 Å². The molecule has 1 aromatic carbocycles. The Labute approximate surface area is 95.3 Å². The minimum Gasteiger partial charge on any atom is -0.497 e. The predicted octanol–water partition coefficient (Wildman–Crippen LogP) is 2.24. The predicted molar refractivity (Wildman–Crippen MR) is 63.1 cm³/mol. The SMILES string of the molecule is COc1ccc(C#N)c(C#CCCS)c1. The van der Waals surface area contributed by atoms with Crippen LogP contribution in [0.1, 0.15) is 17.5 Å². The van der Waals surface area contributed by atoms with Crippen LogP contribution < -0.4 is 4.74 Å². The second-order valence-corrected chi connectivity index (χ2v) is 3.25. The number of nitriles is 1. The summed E-state index contributed by atoms with van der Waals surface area (Å²) in [5.41, 5.74) is 1.28. The number of benzene rings is 1. The minimum absolute atomic E-state index is 0.572. The first-order chi connectivity index (χ1) is 7.31. The average Bonchev–Trinajstić information content (AvgIpc) is 2.29. The molecule has 0 aromatic heterocycles. The molecule has 15 heavy (non-hydrogen) atoms. The van der Waals surface area contributed by atoms with Crippen molar-refractivity contribution in [2.45, 2.75) is 6.42 Å². The monoisotopic (exact) mass is 217 g/mol. The molecule has 0 radical (unpaired) electrons. The van der Waals surface area contributed by atoms with Gasteiger partial charge in [-0.1, -0.05) is 11.8 Å². The van der Waals surface area contributed by atoms with E-state index < -0.39 is 0 Å². The van der Waals surface area contributed by atoms with Gasteiger partial charge in [-0.15, -0.1) is 0 Å². The van der Waals surface area contributed by atoms with E-state index in [4.69, 9.17) is 10.00 Å². The maximum atomic E-state index is 8.86. The van der Waals surface area contributed by atoms with Crippen molar-refractivity contribution >= 4 is 12.6 Å². The summed E-state index contributed by atoms with van der Waals surface area (Å²) in [5, 5.41) is 8.86. The standard InChI is InChI=1S/C12H11NOS/c1-14-12-6-5-11(9-13)10(8-12)4-2-3-7-15/h5-6,8,15H,3,7H2,1H3. The van der Waals surface area contributed by atoms with Gasteiger partial charge in [0.25, 0.3) is 0 Å². The van der Waals surface area contributed by atoms with Crippen molar-refractivity contribution in [1.82, 2.24) is 0 Å². The highest BCUT2D eigenvalue weighted by Crippen LogP contribution is 2.16. The van der Waals surface area contributed by atoms with E-state index in [1.165, 1.54) is 0 Å². The molecule has 0 spiro atoms. The van der Waals surface area contributed by atoms with Gasteiger partial charge < -0.3 is 4.74 Å². The number of rotatable bonds is 2. The zero-order valence-corrected chi connectivity index (χ0v) is 9.34. The van der Waals surface area contributed by atoms with Gasteiger partial charge in [-0.05, 0) is 18.2 Å². The molecule has 0 bridgehead atoms. The zero-order chi connectivity index (χ0) is 11.1. The van der Waals surface area contributed by atoms with E-state index in [9.17, 15) is 0 Å². The zero-order valence-electron chi connectivity index (χ0n) is 8.45. The Bertz CT molecular complexity index is 437. The quantitative estimate of drug-likeness (QED) is 0.608. The topological polar surface area (TPSA) is 33.0 Å². The summed E-state index contributed by atoms with van der Waals surface area (Å²) in [7, 11) is 1.59. The normalized spacial score (nSPS) is 8.60. The second-order valence-electron chi connectivity index (χ2n) is 2.80. The van der Waals surface area contributed by atoms with Crippen LogP contribution in [0.2, 0.25) is 0 Å². The Morgan fingerprint density at radius 2 is 2.20 bits per heavy atom. The van der Waals surface area contributed by atoms with Crippen LogP contribution in [-0.2, 0) is 0 Å². The Morgan fingerprint density at radius 1 is 1.40 bits per heavy atom. The molecule has 1 rings (SSSR count). The molecule has 0 N–H and O–H groups in total. The fourth-order valence-electron chi connectivity index (χ4n) is 1.06. The first-order valence-electron chi connectivity index (χ1n) is 4.49. The minimum atomic E-state index is 0.572. The van der Waals surface area contributed by atoms with Crippen molar-refractivity contribution in [2.75, 3.05) is 12.9 Å². The number of hydrogen-bond donors (Lipinski definition) is 1. The lowest BCUT2D eigenvalue weighted by Gasteiger charge is -2.00. The fraction of sp³-hybridized carbons (Fsp3) is 0.250. The molecule has 0 aliphatic rings. The van der Waals surface area contributed by atoms with Crippen molar-refractivity contribution in [2.24, 2.45) is 0 Å². The van der Waals surface area contributed by atoms with E-state index in [2.05, 4.69) is 30.5 Å². The molecule has 0 heterocycles. The molecule has 0 saturated carbocycles. The molecule has 0 fully saturated rings. The van der Waals surface area contributed by atoms with Crippen molar-refractivity contribution < 1.29 is 4.74 Å². The smallest absolute Gasteiger partial charge is 0.120 e. The lowest BCUT2D eigenvalue weighted by atomic mass is 10.1. The van der Waals surface area contributed by atoms with Gasteiger partial charge >= 0.3 is 0 Å². The second kappa shape index (κ2) is 6.01. The summed E-state index contributed by atoms with van der Waals surface area (Å²) in [5.74, 6) is 7.32. The van der Waals surface area contributed by atoms with Gasteiger partial charge in [0, 0.05) is 17.7 Å². The van der Waals surface area contributed by atoms with Gasteiger partial charge in [0.15, 0.2) is 0 Å². The number of hydrogen-bond acceptors (Lipinski definition) is 3. The molecule has 0 atom stereocenters. The van der Waals surface area contributed by atoms with Gasteiger partial charge in [-0.3, -0.25) is 0 Å². The van der Waals surface area contributed by atoms with Gasteiger partial charge in [-0.25, -0.2) is 0 Å². The summed E-state index contributed by atoms with van der Waals surface area (Å²) in [6, 6.07) is 7.33. The molecule has 0 aliphatic carbocycles. The maximum Gasteiger partial charge on any atom is 0.120 e. The third-order valence-electron chi connectivity index (χ3n) is 1.81. The van der Waals surface area contributed by atoms with Gasteiger partial charge in [-0.2, -0.15) is 17.9 Å². The molecule has 2 nitrogen and oxygen atoms in total. The third kappa shape index (κ3) is 3.23. The van der Waals surface area contributed by atoms with E-state index in [0.29, 0.717) is 23.3 Å². The number of thiol groups is 1. The summed E-state index contributed by atoms with van der Waals surface area (Å²) in [6.07, 6.45) is 0.713. The van der Waals surface area contributed by atoms with E-state index in [1.54, 1.807) is 25.3 Å². The van der Waals surface area contributed by atoms with Gasteiger partial charge in [0.2, 0.25) is 0 Å². The van der Waals surface area contributed by atoms with E-state index in [1.807, 2.05) is 0 Å². The van der Waals surface area contributed by atoms with Crippen molar-refractivity contribution in [1.29, 1.82) is 5.26 Å². The molecule has 3 heteroatoms. The third-order valence-corrected chi connectivity index (χ3v) is 2.03. The molecular weight excluding hydrogens is 206 g/mol. The number of methoxy groups -OCH3 is 1. The highest BCUT2D eigenvalue weighted by molar-refractivity contribution is 7.80. The van der Waals surface area contributed by atoms with E-state index in [0.717, 1.165) is 5.75 Å². The summed E-state index contributed by atoms with van der Waals surface area (Å²) in [4.78, 5) is 0. The van der Waals surface area contributed by atoms with E-state index >= 15 is 0 Å². The molecule has 1 aromatic rings. The lowest BCUT2D eigenvalue weighted by molar-refractivity contribution is 0.414. The van der Waals surface area contributed by atoms with Crippen LogP contribution in [0.25, 0.3) is 0 Å². The molecule has 0 saturated heterocycles. The van der Waals surface area contributed by atoms with Gasteiger partial charge in [0.05, 0.1) is 12.7 Å². The molecule has 0 unspecified atom stereocenters. The maximum absolute atomic E-state index is 8.86.